The molecule has 84 valence electrons. The molecule has 0 aliphatic rings. The molecule has 1 heteroatoms. The highest BCUT2D eigenvalue weighted by Crippen LogP contribution is 2.47. The van der Waals surface area contributed by atoms with Crippen molar-refractivity contribution in [1.29, 1.82) is 0 Å². The molecule has 0 unspecified atom stereocenters. The van der Waals surface area contributed by atoms with Gasteiger partial charge in [-0.2, -0.15) is 0 Å². The Labute approximate surface area is 89.2 Å². The first-order valence-corrected chi connectivity index (χ1v) is 5.28. The molecule has 0 saturated carbocycles. The molecule has 0 spiro atoms. The predicted molar refractivity (Wildman–Crippen MR) is 63.3 cm³/mol. The van der Waals surface area contributed by atoms with E-state index in [0.29, 0.717) is 6.42 Å². The van der Waals surface area contributed by atoms with Crippen LogP contribution in [0.2, 0.25) is 0 Å². The molecule has 0 aromatic rings. The van der Waals surface area contributed by atoms with Crippen LogP contribution in [-0.4, -0.2) is 10.7 Å². The Morgan fingerprint density at radius 3 is 1.36 bits per heavy atom. The zero-order chi connectivity index (χ0) is 11.8. The predicted octanol–water partition coefficient (Wildman–Crippen LogP) is 3.78. The van der Waals surface area contributed by atoms with Crippen LogP contribution >= 0.6 is 0 Å². The second kappa shape index (κ2) is 3.69. The highest BCUT2D eigenvalue weighted by molar-refractivity contribution is 5.07. The fourth-order valence-corrected chi connectivity index (χ4v) is 2.09. The third kappa shape index (κ3) is 2.60. The van der Waals surface area contributed by atoms with Gasteiger partial charge < -0.3 is 5.11 Å². The summed E-state index contributed by atoms with van der Waals surface area (Å²) < 4.78 is 0. The van der Waals surface area contributed by atoms with Gasteiger partial charge in [-0.05, 0) is 24.2 Å². The Bertz CT molecular complexity index is 198. The van der Waals surface area contributed by atoms with Gasteiger partial charge in [0.15, 0.2) is 0 Å². The van der Waals surface area contributed by atoms with Gasteiger partial charge in [0.05, 0.1) is 5.60 Å². The summed E-state index contributed by atoms with van der Waals surface area (Å²) in [6.07, 6.45) is 0.667. The van der Waals surface area contributed by atoms with E-state index >= 15 is 0 Å². The van der Waals surface area contributed by atoms with E-state index in [0.717, 1.165) is 5.57 Å². The van der Waals surface area contributed by atoms with Crippen molar-refractivity contribution in [3.63, 3.8) is 0 Å². The molecule has 1 N–H and O–H groups in total. The van der Waals surface area contributed by atoms with Crippen molar-refractivity contribution in [1.82, 2.24) is 0 Å². The minimum atomic E-state index is -0.703. The Morgan fingerprint density at radius 1 is 1.00 bits per heavy atom. The van der Waals surface area contributed by atoms with E-state index in [-0.39, 0.29) is 10.8 Å². The molecular weight excluding hydrogens is 172 g/mol. The van der Waals surface area contributed by atoms with Gasteiger partial charge in [0.2, 0.25) is 0 Å². The fraction of sp³-hybridized carbons (Fsp3) is 0.846. The zero-order valence-corrected chi connectivity index (χ0v) is 10.9. The molecule has 0 fully saturated rings. The summed E-state index contributed by atoms with van der Waals surface area (Å²) in [5.74, 6) is 0. The molecule has 0 amide bonds. The lowest BCUT2D eigenvalue weighted by molar-refractivity contribution is -0.135. The highest BCUT2D eigenvalue weighted by Gasteiger charge is 2.48. The minimum absolute atomic E-state index is 0.135. The van der Waals surface area contributed by atoms with Crippen LogP contribution in [0.4, 0.5) is 0 Å². The first-order chi connectivity index (χ1) is 5.92. The highest BCUT2D eigenvalue weighted by atomic mass is 16.3. The van der Waals surface area contributed by atoms with Gasteiger partial charge >= 0.3 is 0 Å². The van der Waals surface area contributed by atoms with Gasteiger partial charge in [-0.1, -0.05) is 47.1 Å². The molecule has 0 rings (SSSR count). The molecule has 0 aliphatic heterocycles. The Kier molecular flexibility index (Phi) is 3.61. The summed E-state index contributed by atoms with van der Waals surface area (Å²) >= 11 is 0. The van der Waals surface area contributed by atoms with Crippen molar-refractivity contribution in [3.05, 3.63) is 12.2 Å². The van der Waals surface area contributed by atoms with Crippen molar-refractivity contribution in [2.24, 2.45) is 10.8 Å². The summed E-state index contributed by atoms with van der Waals surface area (Å²) in [6.45, 7) is 18.4. The molecule has 0 radical (unpaired) electrons. The monoisotopic (exact) mass is 198 g/mol. The van der Waals surface area contributed by atoms with Crippen LogP contribution in [0.5, 0.6) is 0 Å². The van der Waals surface area contributed by atoms with Crippen LogP contribution in [0.25, 0.3) is 0 Å². The molecule has 0 aromatic heterocycles. The topological polar surface area (TPSA) is 20.2 Å². The first kappa shape index (κ1) is 13.7. The van der Waals surface area contributed by atoms with Gasteiger partial charge in [-0.15, -0.1) is 6.58 Å². The molecule has 0 aliphatic carbocycles. The van der Waals surface area contributed by atoms with Gasteiger partial charge in [-0.3, -0.25) is 0 Å². The summed E-state index contributed by atoms with van der Waals surface area (Å²) in [4.78, 5) is 0. The normalized spacial score (nSPS) is 14.3. The van der Waals surface area contributed by atoms with Crippen LogP contribution in [0.15, 0.2) is 12.2 Å². The molecule has 0 saturated heterocycles. The van der Waals surface area contributed by atoms with Crippen LogP contribution in [-0.2, 0) is 0 Å². The van der Waals surface area contributed by atoms with Crippen LogP contribution in [0, 0.1) is 10.8 Å². The Balaban J connectivity index is 5.18. The van der Waals surface area contributed by atoms with E-state index in [9.17, 15) is 5.11 Å². The number of rotatable bonds is 2. The maximum atomic E-state index is 10.8. The van der Waals surface area contributed by atoms with Gasteiger partial charge in [0, 0.05) is 0 Å². The second-order valence-corrected chi connectivity index (χ2v) is 6.49. The lowest BCUT2D eigenvalue weighted by Crippen LogP contribution is -2.53. The van der Waals surface area contributed by atoms with Crippen molar-refractivity contribution in [3.8, 4) is 0 Å². The van der Waals surface area contributed by atoms with Crippen LogP contribution in [0.3, 0.4) is 0 Å². The van der Waals surface area contributed by atoms with Crippen molar-refractivity contribution >= 4 is 0 Å². The van der Waals surface area contributed by atoms with Gasteiger partial charge in [0.25, 0.3) is 0 Å². The quantitative estimate of drug-likeness (QED) is 0.670. The zero-order valence-electron chi connectivity index (χ0n) is 10.9. The largest absolute Gasteiger partial charge is 0.388 e. The summed E-state index contributed by atoms with van der Waals surface area (Å²) in [7, 11) is 0. The van der Waals surface area contributed by atoms with Gasteiger partial charge in [-0.25, -0.2) is 0 Å². The number of hydrogen-bond donors (Lipinski definition) is 1. The van der Waals surface area contributed by atoms with Gasteiger partial charge in [0.1, 0.15) is 0 Å². The molecule has 0 bridgehead atoms. The van der Waals surface area contributed by atoms with E-state index in [1.54, 1.807) is 0 Å². The van der Waals surface area contributed by atoms with Crippen molar-refractivity contribution in [2.45, 2.75) is 60.5 Å². The van der Waals surface area contributed by atoms with Crippen molar-refractivity contribution in [2.75, 3.05) is 0 Å². The van der Waals surface area contributed by atoms with E-state index in [2.05, 4.69) is 48.1 Å². The van der Waals surface area contributed by atoms with Crippen LogP contribution in [0.1, 0.15) is 54.9 Å². The smallest absolute Gasteiger partial charge is 0.0780 e. The summed E-state index contributed by atoms with van der Waals surface area (Å²) in [5, 5.41) is 10.8. The molecular formula is C13H26O. The maximum absolute atomic E-state index is 10.8. The second-order valence-electron chi connectivity index (χ2n) is 6.49. The van der Waals surface area contributed by atoms with E-state index in [1.807, 2.05) is 6.92 Å². The Hall–Kier alpha value is -0.300. The fourth-order valence-electron chi connectivity index (χ4n) is 2.09. The average Bonchev–Trinajstić information content (AvgIpc) is 1.79. The molecule has 0 heterocycles. The number of hydrogen-bond acceptors (Lipinski definition) is 1. The molecule has 0 atom stereocenters. The van der Waals surface area contributed by atoms with E-state index in [1.165, 1.54) is 0 Å². The lowest BCUT2D eigenvalue weighted by atomic mass is 9.60. The standard InChI is InChI=1S/C13H26O/c1-10(2)9-13(14,11(3,4)5)12(6,7)8/h14H,1,9H2,2-8H3. The maximum Gasteiger partial charge on any atom is 0.0780 e. The van der Waals surface area contributed by atoms with Crippen LogP contribution < -0.4 is 0 Å². The molecule has 14 heavy (non-hydrogen) atoms. The van der Waals surface area contributed by atoms with E-state index in [4.69, 9.17) is 0 Å². The molecule has 1 nitrogen and oxygen atoms in total. The number of aliphatic hydroxyl groups is 1. The Morgan fingerprint density at radius 2 is 1.29 bits per heavy atom. The SMILES string of the molecule is C=C(C)CC(O)(C(C)(C)C)C(C)(C)C. The summed E-state index contributed by atoms with van der Waals surface area (Å²) in [5.41, 5.74) is 0.0672. The average molecular weight is 198 g/mol. The van der Waals surface area contributed by atoms with Crippen molar-refractivity contribution < 1.29 is 5.11 Å². The third-order valence-electron chi connectivity index (χ3n) is 3.04. The third-order valence-corrected chi connectivity index (χ3v) is 3.04. The molecule has 0 aromatic carbocycles. The lowest BCUT2D eigenvalue weighted by Gasteiger charge is -2.50. The summed E-state index contributed by atoms with van der Waals surface area (Å²) in [6, 6.07) is 0. The van der Waals surface area contributed by atoms with E-state index < -0.39 is 5.60 Å². The minimum Gasteiger partial charge on any atom is -0.388 e. The first-order valence-electron chi connectivity index (χ1n) is 5.28.